The predicted molar refractivity (Wildman–Crippen MR) is 121 cm³/mol. The van der Waals surface area contributed by atoms with Gasteiger partial charge in [-0.3, -0.25) is 0 Å². The maximum atomic E-state index is 12.7. The molecule has 1 saturated heterocycles. The Morgan fingerprint density at radius 3 is 2.42 bits per heavy atom. The molecule has 0 aliphatic carbocycles. The van der Waals surface area contributed by atoms with Gasteiger partial charge < -0.3 is 19.7 Å². The second-order valence-corrected chi connectivity index (χ2v) is 8.48. The molecule has 1 aliphatic heterocycles. The fourth-order valence-electron chi connectivity index (χ4n) is 3.65. The number of likely N-dealkylation sites (tertiary alicyclic amines) is 1. The van der Waals surface area contributed by atoms with Crippen LogP contribution in [0, 0.1) is 0 Å². The van der Waals surface area contributed by atoms with E-state index in [2.05, 4.69) is 15.5 Å². The van der Waals surface area contributed by atoms with E-state index in [1.807, 2.05) is 53.4 Å². The number of amides is 2. The predicted octanol–water partition coefficient (Wildman–Crippen LogP) is 4.31. The van der Waals surface area contributed by atoms with Crippen molar-refractivity contribution in [2.75, 3.05) is 27.3 Å². The third-order valence-corrected chi connectivity index (χ3v) is 6.57. The lowest BCUT2D eigenvalue weighted by Crippen LogP contribution is -2.44. The summed E-state index contributed by atoms with van der Waals surface area (Å²) in [6.07, 6.45) is 1.97. The largest absolute Gasteiger partial charge is 0.497 e. The van der Waals surface area contributed by atoms with Gasteiger partial charge in [0.1, 0.15) is 21.5 Å². The summed E-state index contributed by atoms with van der Waals surface area (Å²) in [5.74, 6) is 1.84. The number of carbonyl (C=O) groups excluding carboxylic acids is 1. The van der Waals surface area contributed by atoms with E-state index in [1.165, 1.54) is 0 Å². The van der Waals surface area contributed by atoms with Crippen LogP contribution in [-0.4, -0.2) is 48.4 Å². The van der Waals surface area contributed by atoms with Crippen molar-refractivity contribution in [1.82, 2.24) is 20.4 Å². The van der Waals surface area contributed by atoms with Crippen molar-refractivity contribution in [1.29, 1.82) is 0 Å². The van der Waals surface area contributed by atoms with Gasteiger partial charge in [0.15, 0.2) is 0 Å². The number of aromatic nitrogens is 2. The van der Waals surface area contributed by atoms with E-state index in [-0.39, 0.29) is 11.9 Å². The van der Waals surface area contributed by atoms with Gasteiger partial charge in [0.25, 0.3) is 0 Å². The summed E-state index contributed by atoms with van der Waals surface area (Å²) in [4.78, 5) is 14.6. The first-order valence-corrected chi connectivity index (χ1v) is 11.1. The average Bonchev–Trinajstić information content (AvgIpc) is 3.33. The van der Waals surface area contributed by atoms with E-state index in [0.717, 1.165) is 52.0 Å². The van der Waals surface area contributed by atoms with E-state index < -0.39 is 0 Å². The number of methoxy groups -OCH3 is 2. The van der Waals surface area contributed by atoms with Crippen molar-refractivity contribution >= 4 is 17.4 Å². The molecule has 7 nitrogen and oxygen atoms in total. The fraction of sp³-hybridized carbons (Fsp3) is 0.348. The number of benzene rings is 2. The lowest BCUT2D eigenvalue weighted by molar-refractivity contribution is 0.179. The number of urea groups is 1. The zero-order chi connectivity index (χ0) is 21.6. The van der Waals surface area contributed by atoms with Gasteiger partial charge in [-0.05, 0) is 54.8 Å². The first-order chi connectivity index (χ1) is 15.2. The van der Waals surface area contributed by atoms with Crippen molar-refractivity contribution < 1.29 is 14.3 Å². The van der Waals surface area contributed by atoms with Crippen molar-refractivity contribution in [3.8, 4) is 22.1 Å². The molecule has 0 saturated carbocycles. The van der Waals surface area contributed by atoms with Crippen LogP contribution < -0.4 is 14.8 Å². The van der Waals surface area contributed by atoms with Gasteiger partial charge in [0, 0.05) is 31.1 Å². The monoisotopic (exact) mass is 438 g/mol. The Kier molecular flexibility index (Phi) is 6.66. The van der Waals surface area contributed by atoms with Gasteiger partial charge in [-0.1, -0.05) is 23.5 Å². The van der Waals surface area contributed by atoms with Gasteiger partial charge in [-0.15, -0.1) is 10.2 Å². The second kappa shape index (κ2) is 9.78. The third-order valence-electron chi connectivity index (χ3n) is 5.44. The summed E-state index contributed by atoms with van der Waals surface area (Å²) >= 11 is 1.60. The molecule has 1 N–H and O–H groups in total. The maximum Gasteiger partial charge on any atom is 0.317 e. The molecule has 2 amide bonds. The molecular weight excluding hydrogens is 412 g/mol. The summed E-state index contributed by atoms with van der Waals surface area (Å²) in [6.45, 7) is 1.91. The van der Waals surface area contributed by atoms with E-state index in [1.54, 1.807) is 25.6 Å². The molecule has 2 heterocycles. The normalized spacial score (nSPS) is 16.1. The highest BCUT2D eigenvalue weighted by Gasteiger charge is 2.27. The zero-order valence-corrected chi connectivity index (χ0v) is 18.5. The van der Waals surface area contributed by atoms with E-state index in [9.17, 15) is 4.79 Å². The number of rotatable bonds is 6. The molecule has 8 heteroatoms. The average molecular weight is 439 g/mol. The Morgan fingerprint density at radius 2 is 1.74 bits per heavy atom. The molecular formula is C23H26N4O3S. The fourth-order valence-corrected chi connectivity index (χ4v) is 4.62. The summed E-state index contributed by atoms with van der Waals surface area (Å²) in [7, 11) is 3.29. The summed E-state index contributed by atoms with van der Waals surface area (Å²) < 4.78 is 10.4. The van der Waals surface area contributed by atoms with Crippen LogP contribution in [0.15, 0.2) is 48.5 Å². The molecule has 1 unspecified atom stereocenters. The Bertz CT molecular complexity index is 1000. The molecule has 0 bridgehead atoms. The van der Waals surface area contributed by atoms with Gasteiger partial charge in [-0.2, -0.15) is 0 Å². The number of hydrogen-bond acceptors (Lipinski definition) is 6. The first kappa shape index (κ1) is 21.1. The molecule has 4 rings (SSSR count). The van der Waals surface area contributed by atoms with Crippen LogP contribution >= 0.6 is 11.3 Å². The molecule has 1 atom stereocenters. The maximum absolute atomic E-state index is 12.7. The minimum atomic E-state index is -0.0413. The van der Waals surface area contributed by atoms with Crippen molar-refractivity contribution in [2.45, 2.75) is 25.3 Å². The van der Waals surface area contributed by atoms with Gasteiger partial charge >= 0.3 is 6.03 Å². The smallest absolute Gasteiger partial charge is 0.317 e. The number of nitrogens with one attached hydrogen (secondary N) is 1. The molecule has 0 spiro atoms. The van der Waals surface area contributed by atoms with Crippen LogP contribution in [0.5, 0.6) is 11.5 Å². The summed E-state index contributed by atoms with van der Waals surface area (Å²) in [5, 5.41) is 13.7. The summed E-state index contributed by atoms with van der Waals surface area (Å²) in [5.41, 5.74) is 2.06. The van der Waals surface area contributed by atoms with Crippen LogP contribution in [0.2, 0.25) is 0 Å². The van der Waals surface area contributed by atoms with Gasteiger partial charge in [0.2, 0.25) is 0 Å². The lowest BCUT2D eigenvalue weighted by Gasteiger charge is -2.31. The molecule has 3 aromatic rings. The van der Waals surface area contributed by atoms with Crippen LogP contribution in [0.25, 0.3) is 10.6 Å². The number of carbonyl (C=O) groups is 1. The highest BCUT2D eigenvalue weighted by Crippen LogP contribution is 2.33. The van der Waals surface area contributed by atoms with E-state index >= 15 is 0 Å². The number of hydrogen-bond donors (Lipinski definition) is 1. The Labute approximate surface area is 186 Å². The van der Waals surface area contributed by atoms with Crippen molar-refractivity contribution in [3.05, 3.63) is 59.1 Å². The molecule has 1 aliphatic rings. The lowest BCUT2D eigenvalue weighted by atomic mass is 9.99. The standard InChI is InChI=1S/C23H26N4O3S/c1-29-19-9-5-16(6-10-19)14-24-23(28)27-13-3-4-18(15-27)22-26-25-21(31-22)17-7-11-20(30-2)12-8-17/h5-12,18H,3-4,13-15H2,1-2H3,(H,24,28). The Morgan fingerprint density at radius 1 is 1.06 bits per heavy atom. The number of ether oxygens (including phenoxy) is 2. The van der Waals surface area contributed by atoms with Gasteiger partial charge in [-0.25, -0.2) is 4.79 Å². The third kappa shape index (κ3) is 5.14. The second-order valence-electron chi connectivity index (χ2n) is 7.47. The molecule has 1 fully saturated rings. The van der Waals surface area contributed by atoms with Crippen molar-refractivity contribution in [2.24, 2.45) is 0 Å². The number of nitrogens with zero attached hydrogens (tertiary/aromatic N) is 3. The van der Waals surface area contributed by atoms with Crippen LogP contribution in [-0.2, 0) is 6.54 Å². The number of piperidine rings is 1. The van der Waals surface area contributed by atoms with Crippen LogP contribution in [0.1, 0.15) is 29.3 Å². The molecule has 2 aromatic carbocycles. The Balaban J connectivity index is 1.35. The van der Waals surface area contributed by atoms with Crippen LogP contribution in [0.4, 0.5) is 4.79 Å². The minimum absolute atomic E-state index is 0.0413. The van der Waals surface area contributed by atoms with Gasteiger partial charge in [0.05, 0.1) is 14.2 Å². The zero-order valence-electron chi connectivity index (χ0n) is 17.7. The highest BCUT2D eigenvalue weighted by atomic mass is 32.1. The topological polar surface area (TPSA) is 76.6 Å². The molecule has 0 radical (unpaired) electrons. The van der Waals surface area contributed by atoms with E-state index in [4.69, 9.17) is 9.47 Å². The SMILES string of the molecule is COc1ccc(CNC(=O)N2CCCC(c3nnc(-c4ccc(OC)cc4)s3)C2)cc1. The Hall–Kier alpha value is -3.13. The van der Waals surface area contributed by atoms with Crippen LogP contribution in [0.3, 0.4) is 0 Å². The minimum Gasteiger partial charge on any atom is -0.497 e. The quantitative estimate of drug-likeness (QED) is 0.621. The summed E-state index contributed by atoms with van der Waals surface area (Å²) in [6, 6.07) is 15.5. The van der Waals surface area contributed by atoms with Crippen molar-refractivity contribution in [3.63, 3.8) is 0 Å². The molecule has 1 aromatic heterocycles. The first-order valence-electron chi connectivity index (χ1n) is 10.3. The molecule has 162 valence electrons. The highest BCUT2D eigenvalue weighted by molar-refractivity contribution is 7.14. The molecule has 31 heavy (non-hydrogen) atoms. The van der Waals surface area contributed by atoms with E-state index in [0.29, 0.717) is 13.1 Å².